The number of ether oxygens (including phenoxy) is 2. The Balaban J connectivity index is 1.73. The fourth-order valence-corrected chi connectivity index (χ4v) is 7.49. The minimum absolute atomic E-state index is 0.178. The van der Waals surface area contributed by atoms with Crippen molar-refractivity contribution in [2.24, 2.45) is 11.8 Å². The van der Waals surface area contributed by atoms with E-state index in [2.05, 4.69) is 81.7 Å². The standard InChI is InChI=1S/C40H42N6O4/c1-11-44-39(47)28(27(8)29(20-41)40(44)48)12-13-34-45(35-23(4)14-21(2)15-24(35)5)37-38(46(34)36-25(6)16-22(3)17-26(36)7)43-31-19-33(50-10)32(49-9)18-30(31)42-37/h12-19,27,29H,11H2,1-10H3/b28-12-. The molecule has 0 spiro atoms. The maximum atomic E-state index is 13.8. The van der Waals surface area contributed by atoms with Crippen LogP contribution in [0.15, 0.2) is 59.9 Å². The van der Waals surface area contributed by atoms with Crippen LogP contribution in [0, 0.1) is 64.7 Å². The van der Waals surface area contributed by atoms with Gasteiger partial charge in [0.1, 0.15) is 11.7 Å². The van der Waals surface area contributed by atoms with Crippen molar-refractivity contribution in [2.45, 2.75) is 55.4 Å². The fraction of sp³-hybridized carbons (Fsp3) is 0.325. The molecule has 2 amide bonds. The highest BCUT2D eigenvalue weighted by Gasteiger charge is 2.43. The number of amides is 2. The van der Waals surface area contributed by atoms with E-state index in [0.29, 0.717) is 45.6 Å². The molecule has 10 heteroatoms. The molecule has 256 valence electrons. The van der Waals surface area contributed by atoms with Crippen LogP contribution < -0.4 is 19.3 Å². The smallest absolute Gasteiger partial charge is 0.256 e. The average Bonchev–Trinajstić information content (AvgIpc) is 3.34. The van der Waals surface area contributed by atoms with Crippen LogP contribution >= 0.6 is 0 Å². The number of aryl methyl sites for hydroxylation is 6. The molecule has 2 aliphatic heterocycles. The number of benzene rings is 3. The zero-order chi connectivity index (χ0) is 36.2. The SMILES string of the molecule is CCN1C(=O)/C(=C\C=C2N(c3c(C)cc(C)cc3C)c3nc4cc(OC)c(OC)cc4nc3N2c2c(C)cc(C)cc2C)C(C)C(C#N)C1=O. The summed E-state index contributed by atoms with van der Waals surface area (Å²) in [6, 6.07) is 14.3. The van der Waals surface area contributed by atoms with E-state index in [4.69, 9.17) is 19.4 Å². The highest BCUT2D eigenvalue weighted by atomic mass is 16.5. The van der Waals surface area contributed by atoms with E-state index in [9.17, 15) is 14.9 Å². The molecule has 0 saturated carbocycles. The van der Waals surface area contributed by atoms with Gasteiger partial charge in [-0.05, 0) is 82.9 Å². The summed E-state index contributed by atoms with van der Waals surface area (Å²) >= 11 is 0. The zero-order valence-corrected chi connectivity index (χ0v) is 30.3. The third-order valence-corrected chi connectivity index (χ3v) is 9.62. The number of methoxy groups -OCH3 is 2. The van der Waals surface area contributed by atoms with Crippen molar-refractivity contribution in [1.29, 1.82) is 5.26 Å². The number of rotatable bonds is 6. The predicted octanol–water partition coefficient (Wildman–Crippen LogP) is 7.72. The number of fused-ring (bicyclic) bond motifs is 2. The summed E-state index contributed by atoms with van der Waals surface area (Å²) in [5, 5.41) is 9.96. The second-order valence-corrected chi connectivity index (χ2v) is 13.2. The van der Waals surface area contributed by atoms with E-state index in [-0.39, 0.29) is 6.54 Å². The molecule has 2 atom stereocenters. The van der Waals surface area contributed by atoms with Crippen molar-refractivity contribution in [3.8, 4) is 17.6 Å². The Kier molecular flexibility index (Phi) is 8.87. The van der Waals surface area contributed by atoms with Crippen LogP contribution in [0.3, 0.4) is 0 Å². The van der Waals surface area contributed by atoms with Crippen LogP contribution in [0.2, 0.25) is 0 Å². The van der Waals surface area contributed by atoms with Gasteiger partial charge in [-0.3, -0.25) is 24.3 Å². The summed E-state index contributed by atoms with van der Waals surface area (Å²) in [6.45, 7) is 16.1. The lowest BCUT2D eigenvalue weighted by molar-refractivity contribution is -0.148. The molecular weight excluding hydrogens is 628 g/mol. The Morgan fingerprint density at radius 2 is 1.20 bits per heavy atom. The number of anilines is 4. The molecule has 2 aliphatic rings. The Hall–Kier alpha value is -5.69. The quantitative estimate of drug-likeness (QED) is 0.150. The topological polar surface area (TPSA) is 112 Å². The van der Waals surface area contributed by atoms with Gasteiger partial charge in [-0.25, -0.2) is 9.97 Å². The monoisotopic (exact) mass is 670 g/mol. The van der Waals surface area contributed by atoms with Crippen LogP contribution in [0.5, 0.6) is 11.5 Å². The number of likely N-dealkylation sites (tertiary alicyclic amines) is 1. The number of nitriles is 1. The van der Waals surface area contributed by atoms with Crippen molar-refractivity contribution < 1.29 is 19.1 Å². The Morgan fingerprint density at radius 1 is 0.760 bits per heavy atom. The molecule has 1 aromatic heterocycles. The number of aromatic nitrogens is 2. The molecule has 0 bridgehead atoms. The van der Waals surface area contributed by atoms with E-state index in [1.165, 1.54) is 0 Å². The molecule has 1 saturated heterocycles. The van der Waals surface area contributed by atoms with Gasteiger partial charge in [-0.15, -0.1) is 0 Å². The summed E-state index contributed by atoms with van der Waals surface area (Å²) in [6.07, 6.45) is 3.66. The maximum Gasteiger partial charge on any atom is 0.256 e. The van der Waals surface area contributed by atoms with Gasteiger partial charge in [-0.2, -0.15) is 5.26 Å². The van der Waals surface area contributed by atoms with Crippen LogP contribution in [0.25, 0.3) is 11.0 Å². The van der Waals surface area contributed by atoms with E-state index < -0.39 is 23.7 Å². The lowest BCUT2D eigenvalue weighted by Crippen LogP contribution is -2.49. The number of hydrogen-bond acceptors (Lipinski definition) is 9. The molecule has 2 unspecified atom stereocenters. The number of carbonyl (C=O) groups excluding carboxylic acids is 2. The molecule has 50 heavy (non-hydrogen) atoms. The minimum atomic E-state index is -0.966. The normalized spacial score (nSPS) is 18.2. The summed E-state index contributed by atoms with van der Waals surface area (Å²) in [4.78, 5) is 42.7. The van der Waals surface area contributed by atoms with Gasteiger partial charge in [0.15, 0.2) is 23.1 Å². The molecule has 0 aliphatic carbocycles. The largest absolute Gasteiger partial charge is 0.493 e. The van der Waals surface area contributed by atoms with Gasteiger partial charge in [0, 0.05) is 30.2 Å². The molecule has 4 aromatic rings. The van der Waals surface area contributed by atoms with Gasteiger partial charge in [0.05, 0.1) is 42.7 Å². The van der Waals surface area contributed by atoms with Gasteiger partial charge in [0.25, 0.3) is 5.91 Å². The molecule has 0 N–H and O–H groups in total. The zero-order valence-electron chi connectivity index (χ0n) is 30.3. The van der Waals surface area contributed by atoms with Crippen LogP contribution in [-0.2, 0) is 9.59 Å². The summed E-state index contributed by atoms with van der Waals surface area (Å²) < 4.78 is 11.3. The number of allylic oxidation sites excluding steroid dienone is 2. The van der Waals surface area contributed by atoms with Gasteiger partial charge < -0.3 is 9.47 Å². The molecule has 3 heterocycles. The van der Waals surface area contributed by atoms with Crippen molar-refractivity contribution >= 4 is 45.9 Å². The van der Waals surface area contributed by atoms with Crippen LogP contribution in [0.1, 0.15) is 47.2 Å². The highest BCUT2D eigenvalue weighted by molar-refractivity contribution is 6.09. The van der Waals surface area contributed by atoms with Crippen molar-refractivity contribution in [3.63, 3.8) is 0 Å². The summed E-state index contributed by atoms with van der Waals surface area (Å²) in [5.41, 5.74) is 9.91. The Labute approximate surface area is 293 Å². The molecule has 0 radical (unpaired) electrons. The van der Waals surface area contributed by atoms with Gasteiger partial charge in [0.2, 0.25) is 5.91 Å². The Morgan fingerprint density at radius 3 is 1.58 bits per heavy atom. The second kappa shape index (κ2) is 13.0. The highest BCUT2D eigenvalue weighted by Crippen LogP contribution is 2.52. The van der Waals surface area contributed by atoms with Crippen molar-refractivity contribution in [3.05, 3.63) is 93.3 Å². The number of imide groups is 1. The number of likely N-dealkylation sites (N-methyl/N-ethyl adjacent to an activating group) is 1. The third-order valence-electron chi connectivity index (χ3n) is 9.62. The molecule has 10 nitrogen and oxygen atoms in total. The van der Waals surface area contributed by atoms with E-state index in [0.717, 1.165) is 49.7 Å². The van der Waals surface area contributed by atoms with Crippen LogP contribution in [-0.4, -0.2) is 47.4 Å². The molecule has 1 fully saturated rings. The van der Waals surface area contributed by atoms with Gasteiger partial charge in [-0.1, -0.05) is 42.3 Å². The van der Waals surface area contributed by atoms with E-state index in [1.807, 2.05) is 18.2 Å². The lowest BCUT2D eigenvalue weighted by atomic mass is 9.82. The molecule has 6 rings (SSSR count). The summed E-state index contributed by atoms with van der Waals surface area (Å²) in [7, 11) is 3.18. The van der Waals surface area contributed by atoms with Crippen molar-refractivity contribution in [2.75, 3.05) is 30.6 Å². The minimum Gasteiger partial charge on any atom is -0.493 e. The number of carbonyl (C=O) groups is 2. The third kappa shape index (κ3) is 5.43. The number of hydrogen-bond donors (Lipinski definition) is 0. The first kappa shape index (κ1) is 34.2. The average molecular weight is 671 g/mol. The van der Waals surface area contributed by atoms with E-state index in [1.54, 1.807) is 34.1 Å². The lowest BCUT2D eigenvalue weighted by Gasteiger charge is -2.33. The summed E-state index contributed by atoms with van der Waals surface area (Å²) in [5.74, 6) is 0.554. The first-order chi connectivity index (χ1) is 23.8. The number of nitrogens with zero attached hydrogens (tertiary/aromatic N) is 6. The first-order valence-corrected chi connectivity index (χ1v) is 16.7. The first-order valence-electron chi connectivity index (χ1n) is 16.7. The van der Waals surface area contributed by atoms with Crippen LogP contribution in [0.4, 0.5) is 23.0 Å². The molecule has 3 aromatic carbocycles. The fourth-order valence-electron chi connectivity index (χ4n) is 7.49. The maximum absolute atomic E-state index is 13.8. The van der Waals surface area contributed by atoms with E-state index >= 15 is 0 Å². The Bertz CT molecular complexity index is 2040. The number of piperidine rings is 1. The second-order valence-electron chi connectivity index (χ2n) is 13.2. The molecular formula is C40H42N6O4. The van der Waals surface area contributed by atoms with Gasteiger partial charge >= 0.3 is 0 Å². The van der Waals surface area contributed by atoms with Crippen molar-refractivity contribution in [1.82, 2.24) is 14.9 Å². The predicted molar refractivity (Wildman–Crippen MR) is 195 cm³/mol.